The Morgan fingerprint density at radius 1 is 1.33 bits per heavy atom. The Morgan fingerprint density at radius 2 is 2.17 bits per heavy atom. The topological polar surface area (TPSA) is 114 Å². The number of aromatic carboxylic acids is 1. The molecular weight excluding hydrogens is 352 g/mol. The standard InChI is InChI=1S/C14H12N4O4S2/c19-14(20)13-11(4-7-23-13)24(21,22)17-9-10-2-3-12(15-8-10)18-6-1-5-16-18/h1-8,17H,9H2,(H,19,20). The highest BCUT2D eigenvalue weighted by Gasteiger charge is 2.23. The molecule has 3 aromatic rings. The van der Waals surface area contributed by atoms with Gasteiger partial charge in [0.15, 0.2) is 5.82 Å². The van der Waals surface area contributed by atoms with E-state index in [2.05, 4.69) is 14.8 Å². The van der Waals surface area contributed by atoms with Crippen LogP contribution in [0.1, 0.15) is 15.2 Å². The van der Waals surface area contributed by atoms with Gasteiger partial charge in [-0.05, 0) is 29.1 Å². The molecule has 3 rings (SSSR count). The van der Waals surface area contributed by atoms with Gasteiger partial charge in [0.1, 0.15) is 9.77 Å². The van der Waals surface area contributed by atoms with Gasteiger partial charge in [-0.25, -0.2) is 27.6 Å². The first-order chi connectivity index (χ1) is 11.5. The van der Waals surface area contributed by atoms with Crippen LogP contribution in [-0.4, -0.2) is 34.3 Å². The summed E-state index contributed by atoms with van der Waals surface area (Å²) in [5, 5.41) is 14.5. The Kier molecular flexibility index (Phi) is 4.42. The van der Waals surface area contributed by atoms with Crippen LogP contribution in [0.5, 0.6) is 0 Å². The third-order valence-corrected chi connectivity index (χ3v) is 5.60. The summed E-state index contributed by atoms with van der Waals surface area (Å²) < 4.78 is 28.4. The fraction of sp³-hybridized carbons (Fsp3) is 0.0714. The number of carbonyl (C=O) groups is 1. The summed E-state index contributed by atoms with van der Waals surface area (Å²) in [7, 11) is -3.91. The molecule has 10 heteroatoms. The van der Waals surface area contributed by atoms with Crippen molar-refractivity contribution in [1.29, 1.82) is 0 Å². The van der Waals surface area contributed by atoms with Crippen molar-refractivity contribution >= 4 is 27.3 Å². The Morgan fingerprint density at radius 3 is 2.79 bits per heavy atom. The molecule has 0 atom stereocenters. The first kappa shape index (κ1) is 16.3. The van der Waals surface area contributed by atoms with Crippen LogP contribution >= 0.6 is 11.3 Å². The lowest BCUT2D eigenvalue weighted by atomic mass is 10.3. The number of carboxylic acid groups (broad SMARTS) is 1. The second kappa shape index (κ2) is 6.51. The maximum atomic E-state index is 12.2. The van der Waals surface area contributed by atoms with E-state index in [1.54, 1.807) is 35.3 Å². The van der Waals surface area contributed by atoms with Gasteiger partial charge in [0.05, 0.1) is 0 Å². The molecule has 124 valence electrons. The van der Waals surface area contributed by atoms with E-state index in [9.17, 15) is 13.2 Å². The highest BCUT2D eigenvalue weighted by Crippen LogP contribution is 2.22. The number of pyridine rings is 1. The summed E-state index contributed by atoms with van der Waals surface area (Å²) in [6.45, 7) is 0.00360. The quantitative estimate of drug-likeness (QED) is 0.685. The van der Waals surface area contributed by atoms with E-state index < -0.39 is 16.0 Å². The summed E-state index contributed by atoms with van der Waals surface area (Å²) in [5.41, 5.74) is 0.640. The molecule has 0 fully saturated rings. The first-order valence-electron chi connectivity index (χ1n) is 6.73. The normalized spacial score (nSPS) is 11.5. The molecule has 0 radical (unpaired) electrons. The average molecular weight is 364 g/mol. The van der Waals surface area contributed by atoms with Crippen molar-refractivity contribution in [1.82, 2.24) is 19.5 Å². The van der Waals surface area contributed by atoms with Crippen LogP contribution in [0.15, 0.2) is 53.1 Å². The molecule has 0 amide bonds. The van der Waals surface area contributed by atoms with Gasteiger partial charge in [-0.15, -0.1) is 11.3 Å². The lowest BCUT2D eigenvalue weighted by Gasteiger charge is -2.07. The second-order valence-electron chi connectivity index (χ2n) is 4.72. The van der Waals surface area contributed by atoms with E-state index in [1.165, 1.54) is 17.6 Å². The Balaban J connectivity index is 1.73. The summed E-state index contributed by atoms with van der Waals surface area (Å²) in [6, 6.07) is 6.47. The Hall–Kier alpha value is -2.56. The maximum absolute atomic E-state index is 12.2. The number of sulfonamides is 1. The van der Waals surface area contributed by atoms with E-state index in [0.717, 1.165) is 11.3 Å². The number of nitrogens with one attached hydrogen (secondary N) is 1. The Labute approximate surface area is 141 Å². The zero-order valence-electron chi connectivity index (χ0n) is 12.2. The number of carboxylic acids is 1. The predicted octanol–water partition coefficient (Wildman–Crippen LogP) is 1.51. The molecule has 0 spiro atoms. The minimum atomic E-state index is -3.91. The van der Waals surface area contributed by atoms with Gasteiger partial charge in [-0.1, -0.05) is 6.07 Å². The van der Waals surface area contributed by atoms with E-state index in [4.69, 9.17) is 5.11 Å². The molecular formula is C14H12N4O4S2. The summed E-state index contributed by atoms with van der Waals surface area (Å²) in [5.74, 6) is -0.659. The number of hydrogen-bond donors (Lipinski definition) is 2. The Bertz CT molecular complexity index is 947. The highest BCUT2D eigenvalue weighted by molar-refractivity contribution is 7.89. The number of rotatable bonds is 6. The second-order valence-corrected chi connectivity index (χ2v) is 7.37. The van der Waals surface area contributed by atoms with E-state index in [-0.39, 0.29) is 16.3 Å². The van der Waals surface area contributed by atoms with Crippen molar-refractivity contribution in [3.63, 3.8) is 0 Å². The SMILES string of the molecule is O=C(O)c1sccc1S(=O)(=O)NCc1ccc(-n2cccn2)nc1. The predicted molar refractivity (Wildman–Crippen MR) is 86.7 cm³/mol. The first-order valence-corrected chi connectivity index (χ1v) is 9.09. The van der Waals surface area contributed by atoms with Crippen molar-refractivity contribution < 1.29 is 18.3 Å². The summed E-state index contributed by atoms with van der Waals surface area (Å²) in [4.78, 5) is 14.8. The lowest BCUT2D eigenvalue weighted by molar-refractivity contribution is 0.0698. The average Bonchev–Trinajstić information content (AvgIpc) is 3.25. The number of hydrogen-bond acceptors (Lipinski definition) is 6. The molecule has 0 unspecified atom stereocenters. The molecule has 0 aliphatic carbocycles. The maximum Gasteiger partial charge on any atom is 0.347 e. The molecule has 3 heterocycles. The monoisotopic (exact) mass is 364 g/mol. The lowest BCUT2D eigenvalue weighted by Crippen LogP contribution is -2.24. The van der Waals surface area contributed by atoms with Gasteiger partial charge in [0, 0.05) is 25.1 Å². The number of nitrogens with zero attached hydrogens (tertiary/aromatic N) is 3. The van der Waals surface area contributed by atoms with Crippen molar-refractivity contribution in [2.24, 2.45) is 0 Å². The highest BCUT2D eigenvalue weighted by atomic mass is 32.2. The van der Waals surface area contributed by atoms with Gasteiger partial charge >= 0.3 is 5.97 Å². The fourth-order valence-corrected chi connectivity index (χ4v) is 4.26. The van der Waals surface area contributed by atoms with Crippen LogP contribution in [-0.2, 0) is 16.6 Å². The summed E-state index contributed by atoms with van der Waals surface area (Å²) in [6.07, 6.45) is 4.91. The van der Waals surface area contributed by atoms with Gasteiger partial charge in [0.25, 0.3) is 0 Å². The summed E-state index contributed by atoms with van der Waals surface area (Å²) >= 11 is 0.866. The zero-order chi connectivity index (χ0) is 17.2. The van der Waals surface area contributed by atoms with Crippen molar-refractivity contribution in [2.45, 2.75) is 11.4 Å². The minimum Gasteiger partial charge on any atom is -0.477 e. The van der Waals surface area contributed by atoms with Crippen LogP contribution in [0.25, 0.3) is 5.82 Å². The largest absolute Gasteiger partial charge is 0.477 e. The van der Waals surface area contributed by atoms with E-state index in [1.807, 2.05) is 0 Å². The number of aromatic nitrogens is 3. The van der Waals surface area contributed by atoms with Crippen molar-refractivity contribution in [2.75, 3.05) is 0 Å². The van der Waals surface area contributed by atoms with E-state index >= 15 is 0 Å². The minimum absolute atomic E-state index is 0.00360. The van der Waals surface area contributed by atoms with Crippen molar-refractivity contribution in [3.05, 3.63) is 58.7 Å². The van der Waals surface area contributed by atoms with Gasteiger partial charge in [-0.2, -0.15) is 5.10 Å². The fourth-order valence-electron chi connectivity index (χ4n) is 1.98. The molecule has 0 saturated heterocycles. The molecule has 0 saturated carbocycles. The third-order valence-electron chi connectivity index (χ3n) is 3.13. The smallest absolute Gasteiger partial charge is 0.347 e. The number of thiophene rings is 1. The van der Waals surface area contributed by atoms with Crippen LogP contribution in [0.2, 0.25) is 0 Å². The zero-order valence-corrected chi connectivity index (χ0v) is 13.8. The molecule has 2 N–H and O–H groups in total. The van der Waals surface area contributed by atoms with Crippen LogP contribution < -0.4 is 4.72 Å². The molecule has 0 aliphatic rings. The van der Waals surface area contributed by atoms with Gasteiger partial charge < -0.3 is 5.11 Å². The van der Waals surface area contributed by atoms with Gasteiger partial charge in [-0.3, -0.25) is 0 Å². The molecule has 8 nitrogen and oxygen atoms in total. The van der Waals surface area contributed by atoms with Crippen molar-refractivity contribution in [3.8, 4) is 5.82 Å². The molecule has 0 aliphatic heterocycles. The molecule has 0 bridgehead atoms. The van der Waals surface area contributed by atoms with Gasteiger partial charge in [0.2, 0.25) is 10.0 Å². The van der Waals surface area contributed by atoms with Crippen LogP contribution in [0, 0.1) is 0 Å². The van der Waals surface area contributed by atoms with Crippen LogP contribution in [0.4, 0.5) is 0 Å². The molecule has 3 aromatic heterocycles. The van der Waals surface area contributed by atoms with E-state index in [0.29, 0.717) is 11.4 Å². The third kappa shape index (κ3) is 3.35. The molecule has 24 heavy (non-hydrogen) atoms. The molecule has 0 aromatic carbocycles. The van der Waals surface area contributed by atoms with Crippen LogP contribution in [0.3, 0.4) is 0 Å².